The van der Waals surface area contributed by atoms with Crippen LogP contribution in [0.25, 0.3) is 0 Å². The van der Waals surface area contributed by atoms with E-state index in [-0.39, 0.29) is 18.2 Å². The van der Waals surface area contributed by atoms with E-state index in [9.17, 15) is 4.79 Å². The van der Waals surface area contributed by atoms with E-state index in [1.54, 1.807) is 7.11 Å². The molecule has 0 radical (unpaired) electrons. The zero-order valence-corrected chi connectivity index (χ0v) is 17.2. The predicted octanol–water partition coefficient (Wildman–Crippen LogP) is 4.26. The Kier molecular flexibility index (Phi) is 8.72. The number of carbonyl (C=O) groups is 1. The molecule has 1 saturated heterocycles. The van der Waals surface area contributed by atoms with Crippen molar-refractivity contribution >= 4 is 11.7 Å². The summed E-state index contributed by atoms with van der Waals surface area (Å²) in [5.41, 5.74) is 0.718. The number of piperidine rings is 1. The summed E-state index contributed by atoms with van der Waals surface area (Å²) in [5.74, 6) is 1.40. The second-order valence-corrected chi connectivity index (χ2v) is 7.09. The van der Waals surface area contributed by atoms with Gasteiger partial charge in [-0.3, -0.25) is 0 Å². The maximum Gasteiger partial charge on any atom is 0.319 e. The minimum Gasteiger partial charge on any atom is -0.493 e. The van der Waals surface area contributed by atoms with Crippen LogP contribution in [-0.2, 0) is 0 Å². The van der Waals surface area contributed by atoms with Crippen molar-refractivity contribution in [2.45, 2.75) is 64.5 Å². The average molecular weight is 378 g/mol. The van der Waals surface area contributed by atoms with E-state index in [0.29, 0.717) is 11.5 Å². The van der Waals surface area contributed by atoms with E-state index in [2.05, 4.69) is 22.6 Å². The topological polar surface area (TPSA) is 62.8 Å². The van der Waals surface area contributed by atoms with Gasteiger partial charge in [0, 0.05) is 24.3 Å². The standard InChI is InChI=1S/C19H29N3O3.C2H6/c1-22-11-5-6-15(13-22)21-19(23)20-14-9-10-17(24-2)18(12-14)25-16-7-3-4-8-16;1-2/h9-10,12,15-16H,3-8,11,13H2,1-2H3,(H2,20,21,23);1-2H3/t15-;/m1./s1. The first-order valence-electron chi connectivity index (χ1n) is 10.2. The lowest BCUT2D eigenvalue weighted by Crippen LogP contribution is -2.47. The SMILES string of the molecule is CC.COc1ccc(NC(=O)N[C@@H]2CCCN(C)C2)cc1OC1CCCC1. The molecule has 2 aliphatic rings. The van der Waals surface area contributed by atoms with Gasteiger partial charge >= 0.3 is 6.03 Å². The highest BCUT2D eigenvalue weighted by atomic mass is 16.5. The fraction of sp³-hybridized carbons (Fsp3) is 0.667. The quantitative estimate of drug-likeness (QED) is 0.805. The molecule has 1 aliphatic carbocycles. The van der Waals surface area contributed by atoms with E-state index in [4.69, 9.17) is 9.47 Å². The fourth-order valence-corrected chi connectivity index (χ4v) is 3.67. The molecule has 1 aromatic carbocycles. The molecule has 1 aromatic rings. The molecular weight excluding hydrogens is 342 g/mol. The van der Waals surface area contributed by atoms with Gasteiger partial charge < -0.3 is 25.0 Å². The number of rotatable bonds is 5. The Bertz CT molecular complexity index is 588. The molecule has 6 heteroatoms. The normalized spacial score (nSPS) is 20.4. The van der Waals surface area contributed by atoms with Crippen LogP contribution in [-0.4, -0.2) is 50.3 Å². The largest absolute Gasteiger partial charge is 0.493 e. The van der Waals surface area contributed by atoms with Crippen molar-refractivity contribution in [3.05, 3.63) is 18.2 Å². The van der Waals surface area contributed by atoms with E-state index >= 15 is 0 Å². The summed E-state index contributed by atoms with van der Waals surface area (Å²) in [6.07, 6.45) is 6.97. The number of anilines is 1. The summed E-state index contributed by atoms with van der Waals surface area (Å²) in [7, 11) is 3.72. The lowest BCUT2D eigenvalue weighted by atomic mass is 10.1. The number of hydrogen-bond donors (Lipinski definition) is 2. The Labute approximate surface area is 163 Å². The summed E-state index contributed by atoms with van der Waals surface area (Å²) >= 11 is 0. The molecule has 0 unspecified atom stereocenters. The number of nitrogens with one attached hydrogen (secondary N) is 2. The van der Waals surface area contributed by atoms with Crippen LogP contribution in [0.3, 0.4) is 0 Å². The molecule has 1 atom stereocenters. The Morgan fingerprint density at radius 1 is 1.11 bits per heavy atom. The molecule has 0 spiro atoms. The molecule has 0 aromatic heterocycles. The summed E-state index contributed by atoms with van der Waals surface area (Å²) in [6.45, 7) is 5.99. The minimum atomic E-state index is -0.169. The van der Waals surface area contributed by atoms with Gasteiger partial charge in [-0.2, -0.15) is 0 Å². The summed E-state index contributed by atoms with van der Waals surface area (Å²) < 4.78 is 11.5. The lowest BCUT2D eigenvalue weighted by molar-refractivity contribution is 0.201. The van der Waals surface area contributed by atoms with Crippen molar-refractivity contribution in [3.8, 4) is 11.5 Å². The Morgan fingerprint density at radius 2 is 1.85 bits per heavy atom. The van der Waals surface area contributed by atoms with Crippen LogP contribution in [0.5, 0.6) is 11.5 Å². The molecule has 6 nitrogen and oxygen atoms in total. The van der Waals surface area contributed by atoms with E-state index in [0.717, 1.165) is 44.5 Å². The first kappa shape index (κ1) is 21.4. The molecule has 0 bridgehead atoms. The summed E-state index contributed by atoms with van der Waals surface area (Å²) in [4.78, 5) is 14.5. The predicted molar refractivity (Wildman–Crippen MR) is 110 cm³/mol. The third-order valence-corrected chi connectivity index (χ3v) is 4.98. The van der Waals surface area contributed by atoms with Crippen LogP contribution < -0.4 is 20.1 Å². The number of nitrogens with zero attached hydrogens (tertiary/aromatic N) is 1. The first-order valence-corrected chi connectivity index (χ1v) is 10.2. The van der Waals surface area contributed by atoms with Gasteiger partial charge in [0.05, 0.1) is 13.2 Å². The molecule has 1 aliphatic heterocycles. The first-order chi connectivity index (χ1) is 13.1. The molecule has 2 fully saturated rings. The number of methoxy groups -OCH3 is 1. The highest BCUT2D eigenvalue weighted by Gasteiger charge is 2.20. The van der Waals surface area contributed by atoms with Crippen molar-refractivity contribution in [1.29, 1.82) is 0 Å². The molecule has 1 heterocycles. The van der Waals surface area contributed by atoms with Gasteiger partial charge in [-0.05, 0) is 64.3 Å². The Morgan fingerprint density at radius 3 is 2.52 bits per heavy atom. The van der Waals surface area contributed by atoms with Crippen molar-refractivity contribution in [2.24, 2.45) is 0 Å². The maximum absolute atomic E-state index is 12.3. The zero-order valence-electron chi connectivity index (χ0n) is 17.2. The van der Waals surface area contributed by atoms with E-state index in [1.165, 1.54) is 12.8 Å². The monoisotopic (exact) mass is 377 g/mol. The molecule has 27 heavy (non-hydrogen) atoms. The van der Waals surface area contributed by atoms with Crippen LogP contribution in [0.15, 0.2) is 18.2 Å². The van der Waals surface area contributed by atoms with Crippen molar-refractivity contribution < 1.29 is 14.3 Å². The highest BCUT2D eigenvalue weighted by molar-refractivity contribution is 5.89. The van der Waals surface area contributed by atoms with Crippen molar-refractivity contribution in [1.82, 2.24) is 10.2 Å². The van der Waals surface area contributed by atoms with Crippen LogP contribution in [0.1, 0.15) is 52.4 Å². The smallest absolute Gasteiger partial charge is 0.319 e. The average Bonchev–Trinajstić information content (AvgIpc) is 3.17. The van der Waals surface area contributed by atoms with Crippen LogP contribution in [0.4, 0.5) is 10.5 Å². The Balaban J connectivity index is 0.00000126. The van der Waals surface area contributed by atoms with E-state index < -0.39 is 0 Å². The van der Waals surface area contributed by atoms with Crippen molar-refractivity contribution in [2.75, 3.05) is 32.6 Å². The van der Waals surface area contributed by atoms with Gasteiger partial charge in [-0.25, -0.2) is 4.79 Å². The number of amides is 2. The fourth-order valence-electron chi connectivity index (χ4n) is 3.67. The van der Waals surface area contributed by atoms with Gasteiger partial charge in [0.1, 0.15) is 0 Å². The molecule has 2 N–H and O–H groups in total. The Hall–Kier alpha value is -1.95. The number of carbonyl (C=O) groups excluding carboxylic acids is 1. The van der Waals surface area contributed by atoms with Gasteiger partial charge in [-0.15, -0.1) is 0 Å². The number of ether oxygens (including phenoxy) is 2. The van der Waals surface area contributed by atoms with Crippen LogP contribution in [0, 0.1) is 0 Å². The number of urea groups is 1. The lowest BCUT2D eigenvalue weighted by Gasteiger charge is -2.30. The van der Waals surface area contributed by atoms with Gasteiger partial charge in [0.2, 0.25) is 0 Å². The second-order valence-electron chi connectivity index (χ2n) is 7.09. The molecule has 1 saturated carbocycles. The number of hydrogen-bond acceptors (Lipinski definition) is 4. The van der Waals surface area contributed by atoms with Gasteiger partial charge in [-0.1, -0.05) is 13.8 Å². The number of likely N-dealkylation sites (N-methyl/N-ethyl adjacent to an activating group) is 1. The number of likely N-dealkylation sites (tertiary alicyclic amines) is 1. The number of benzene rings is 1. The maximum atomic E-state index is 12.3. The van der Waals surface area contributed by atoms with Crippen molar-refractivity contribution in [3.63, 3.8) is 0 Å². The van der Waals surface area contributed by atoms with Crippen LogP contribution >= 0.6 is 0 Å². The summed E-state index contributed by atoms with van der Waals surface area (Å²) in [5, 5.41) is 5.97. The third kappa shape index (κ3) is 6.61. The van der Waals surface area contributed by atoms with E-state index in [1.807, 2.05) is 32.0 Å². The highest BCUT2D eigenvalue weighted by Crippen LogP contribution is 2.33. The van der Waals surface area contributed by atoms with Gasteiger partial charge in [0.15, 0.2) is 11.5 Å². The molecule has 152 valence electrons. The van der Waals surface area contributed by atoms with Crippen LogP contribution in [0.2, 0.25) is 0 Å². The van der Waals surface area contributed by atoms with Gasteiger partial charge in [0.25, 0.3) is 0 Å². The molecular formula is C21H35N3O3. The zero-order chi connectivity index (χ0) is 19.6. The minimum absolute atomic E-state index is 0.169. The molecule has 2 amide bonds. The third-order valence-electron chi connectivity index (χ3n) is 4.98. The summed E-state index contributed by atoms with van der Waals surface area (Å²) in [6, 6.07) is 5.56. The second kappa shape index (κ2) is 11.0. The molecule has 3 rings (SSSR count).